The second kappa shape index (κ2) is 5.06. The van der Waals surface area contributed by atoms with Crippen LogP contribution in [0.3, 0.4) is 0 Å². The largest absolute Gasteiger partial charge is 0.398 e. The van der Waals surface area contributed by atoms with Crippen LogP contribution in [0.25, 0.3) is 0 Å². The molecule has 2 nitrogen and oxygen atoms in total. The summed E-state index contributed by atoms with van der Waals surface area (Å²) in [6, 6.07) is 7.81. The van der Waals surface area contributed by atoms with Crippen LogP contribution in [-0.2, 0) is 5.75 Å². The molecular weight excluding hydrogens is 170 g/mol. The van der Waals surface area contributed by atoms with Gasteiger partial charge in [0, 0.05) is 17.2 Å². The van der Waals surface area contributed by atoms with Gasteiger partial charge < -0.3 is 10.8 Å². The minimum Gasteiger partial charge on any atom is -0.398 e. The predicted molar refractivity (Wildman–Crippen MR) is 54.1 cm³/mol. The maximum Gasteiger partial charge on any atom is 0.0521 e. The molecule has 3 N–H and O–H groups in total. The van der Waals surface area contributed by atoms with E-state index in [0.29, 0.717) is 0 Å². The highest BCUT2D eigenvalue weighted by Gasteiger charge is 1.96. The lowest BCUT2D eigenvalue weighted by Gasteiger charge is -2.03. The zero-order valence-corrected chi connectivity index (χ0v) is 7.68. The summed E-state index contributed by atoms with van der Waals surface area (Å²) in [6.45, 7) is 0.234. The van der Waals surface area contributed by atoms with Crippen LogP contribution in [0.2, 0.25) is 0 Å². The van der Waals surface area contributed by atoms with Gasteiger partial charge in [-0.25, -0.2) is 0 Å². The lowest BCUT2D eigenvalue weighted by atomic mass is 10.2. The van der Waals surface area contributed by atoms with Crippen molar-refractivity contribution < 1.29 is 5.11 Å². The molecule has 0 aromatic heterocycles. The molecule has 1 aromatic carbocycles. The van der Waals surface area contributed by atoms with Crippen molar-refractivity contribution in [3.8, 4) is 0 Å². The Morgan fingerprint density at radius 3 is 2.75 bits per heavy atom. The van der Waals surface area contributed by atoms with Crippen molar-refractivity contribution in [1.29, 1.82) is 0 Å². The van der Waals surface area contributed by atoms with Gasteiger partial charge in [0.05, 0.1) is 6.61 Å². The lowest BCUT2D eigenvalue weighted by Crippen LogP contribution is -1.93. The van der Waals surface area contributed by atoms with E-state index < -0.39 is 0 Å². The number of aliphatic hydroxyl groups is 1. The third kappa shape index (κ3) is 2.75. The molecule has 0 aliphatic heterocycles. The molecule has 0 heterocycles. The Morgan fingerprint density at radius 2 is 2.08 bits per heavy atom. The minimum atomic E-state index is 0.234. The third-order valence-electron chi connectivity index (χ3n) is 1.55. The molecule has 1 aromatic rings. The lowest BCUT2D eigenvalue weighted by molar-refractivity contribution is 0.322. The number of nitrogens with two attached hydrogens (primary N) is 1. The Morgan fingerprint density at radius 1 is 1.33 bits per heavy atom. The minimum absolute atomic E-state index is 0.234. The highest BCUT2D eigenvalue weighted by Crippen LogP contribution is 2.17. The Balaban J connectivity index is 2.46. The van der Waals surface area contributed by atoms with Gasteiger partial charge in [-0.3, -0.25) is 0 Å². The van der Waals surface area contributed by atoms with E-state index in [1.807, 2.05) is 24.3 Å². The first-order valence-electron chi connectivity index (χ1n) is 3.86. The Bertz CT molecular complexity index is 240. The number of benzene rings is 1. The second-order valence-electron chi connectivity index (χ2n) is 2.48. The number of rotatable bonds is 4. The Labute approximate surface area is 76.8 Å². The van der Waals surface area contributed by atoms with Crippen LogP contribution >= 0.6 is 11.8 Å². The summed E-state index contributed by atoms with van der Waals surface area (Å²) in [5, 5.41) is 8.56. The van der Waals surface area contributed by atoms with Gasteiger partial charge in [0.2, 0.25) is 0 Å². The van der Waals surface area contributed by atoms with Gasteiger partial charge >= 0.3 is 0 Å². The van der Waals surface area contributed by atoms with Crippen molar-refractivity contribution in [2.75, 3.05) is 18.1 Å². The Kier molecular flexibility index (Phi) is 3.97. The van der Waals surface area contributed by atoms with Gasteiger partial charge in [0.1, 0.15) is 0 Å². The Hall–Kier alpha value is -0.670. The van der Waals surface area contributed by atoms with Crippen LogP contribution in [-0.4, -0.2) is 17.5 Å². The summed E-state index contributed by atoms with van der Waals surface area (Å²) >= 11 is 1.69. The first-order valence-corrected chi connectivity index (χ1v) is 5.02. The fourth-order valence-electron chi connectivity index (χ4n) is 0.912. The number of anilines is 1. The average Bonchev–Trinajstić information content (AvgIpc) is 2.09. The number of hydrogen-bond donors (Lipinski definition) is 2. The van der Waals surface area contributed by atoms with Crippen molar-refractivity contribution >= 4 is 17.4 Å². The fraction of sp³-hybridized carbons (Fsp3) is 0.333. The van der Waals surface area contributed by atoms with E-state index in [1.54, 1.807) is 11.8 Å². The van der Waals surface area contributed by atoms with Crippen molar-refractivity contribution in [2.24, 2.45) is 0 Å². The van der Waals surface area contributed by atoms with Gasteiger partial charge in [-0.2, -0.15) is 11.8 Å². The van der Waals surface area contributed by atoms with Gasteiger partial charge in [-0.05, 0) is 11.6 Å². The first-order chi connectivity index (χ1) is 5.84. The molecule has 0 atom stereocenters. The number of hydrogen-bond acceptors (Lipinski definition) is 3. The standard InChI is InChI=1S/C9H13NOS/c10-9-4-2-1-3-8(9)7-12-6-5-11/h1-4,11H,5-7,10H2. The molecule has 0 fully saturated rings. The summed E-state index contributed by atoms with van der Waals surface area (Å²) < 4.78 is 0. The number of thioether (sulfide) groups is 1. The molecular formula is C9H13NOS. The van der Waals surface area contributed by atoms with E-state index in [4.69, 9.17) is 10.8 Å². The zero-order valence-electron chi connectivity index (χ0n) is 6.86. The van der Waals surface area contributed by atoms with Crippen LogP contribution in [0.5, 0.6) is 0 Å². The van der Waals surface area contributed by atoms with Crippen LogP contribution in [0.15, 0.2) is 24.3 Å². The monoisotopic (exact) mass is 183 g/mol. The molecule has 66 valence electrons. The van der Waals surface area contributed by atoms with Gasteiger partial charge in [0.25, 0.3) is 0 Å². The van der Waals surface area contributed by atoms with Gasteiger partial charge in [0.15, 0.2) is 0 Å². The molecule has 0 saturated heterocycles. The van der Waals surface area contributed by atoms with Crippen LogP contribution in [0, 0.1) is 0 Å². The average molecular weight is 183 g/mol. The molecule has 0 unspecified atom stereocenters. The topological polar surface area (TPSA) is 46.2 Å². The summed E-state index contributed by atoms with van der Waals surface area (Å²) in [5.74, 6) is 1.65. The SMILES string of the molecule is Nc1ccccc1CSCCO. The normalized spacial score (nSPS) is 10.1. The first kappa shape index (κ1) is 9.42. The van der Waals surface area contributed by atoms with E-state index in [9.17, 15) is 0 Å². The van der Waals surface area contributed by atoms with Crippen molar-refractivity contribution in [3.63, 3.8) is 0 Å². The van der Waals surface area contributed by atoms with Gasteiger partial charge in [-0.15, -0.1) is 0 Å². The molecule has 3 heteroatoms. The maximum atomic E-state index is 8.56. The highest BCUT2D eigenvalue weighted by atomic mass is 32.2. The molecule has 0 spiro atoms. The predicted octanol–water partition coefficient (Wildman–Crippen LogP) is 1.49. The molecule has 0 radical (unpaired) electrons. The van der Waals surface area contributed by atoms with E-state index in [-0.39, 0.29) is 6.61 Å². The van der Waals surface area contributed by atoms with E-state index in [1.165, 1.54) is 0 Å². The van der Waals surface area contributed by atoms with Crippen molar-refractivity contribution in [2.45, 2.75) is 5.75 Å². The summed E-state index contributed by atoms with van der Waals surface area (Å²) in [5.41, 5.74) is 7.71. The number of nitrogen functional groups attached to an aromatic ring is 1. The number of para-hydroxylation sites is 1. The quantitative estimate of drug-likeness (QED) is 0.549. The smallest absolute Gasteiger partial charge is 0.0521 e. The second-order valence-corrected chi connectivity index (χ2v) is 3.58. The van der Waals surface area contributed by atoms with E-state index in [2.05, 4.69) is 0 Å². The molecule has 0 aliphatic rings. The van der Waals surface area contributed by atoms with E-state index in [0.717, 1.165) is 22.8 Å². The molecule has 0 amide bonds. The van der Waals surface area contributed by atoms with Crippen molar-refractivity contribution in [1.82, 2.24) is 0 Å². The fourth-order valence-corrected chi connectivity index (χ4v) is 1.67. The van der Waals surface area contributed by atoms with Crippen molar-refractivity contribution in [3.05, 3.63) is 29.8 Å². The molecule has 12 heavy (non-hydrogen) atoms. The molecule has 0 bridgehead atoms. The third-order valence-corrected chi connectivity index (χ3v) is 2.53. The summed E-state index contributed by atoms with van der Waals surface area (Å²) in [7, 11) is 0. The molecule has 1 rings (SSSR count). The van der Waals surface area contributed by atoms with Crippen LogP contribution < -0.4 is 5.73 Å². The highest BCUT2D eigenvalue weighted by molar-refractivity contribution is 7.98. The molecule has 0 saturated carbocycles. The zero-order chi connectivity index (χ0) is 8.81. The van der Waals surface area contributed by atoms with Crippen LogP contribution in [0.1, 0.15) is 5.56 Å². The summed E-state index contributed by atoms with van der Waals surface area (Å²) in [4.78, 5) is 0. The number of aliphatic hydroxyl groups excluding tert-OH is 1. The van der Waals surface area contributed by atoms with E-state index >= 15 is 0 Å². The van der Waals surface area contributed by atoms with Gasteiger partial charge in [-0.1, -0.05) is 18.2 Å². The van der Waals surface area contributed by atoms with Crippen LogP contribution in [0.4, 0.5) is 5.69 Å². The molecule has 0 aliphatic carbocycles. The summed E-state index contributed by atoms with van der Waals surface area (Å²) in [6.07, 6.45) is 0. The maximum absolute atomic E-state index is 8.56.